The molecular weight excluding hydrogens is 342 g/mol. The number of fused-ring (bicyclic) bond motifs is 2. The van der Waals surface area contributed by atoms with Gasteiger partial charge >= 0.3 is 5.69 Å². The van der Waals surface area contributed by atoms with Gasteiger partial charge in [-0.1, -0.05) is 38.1 Å². The van der Waals surface area contributed by atoms with Crippen LogP contribution in [0.4, 0.5) is 11.6 Å². The molecule has 2 N–H and O–H groups in total. The van der Waals surface area contributed by atoms with E-state index in [9.17, 15) is 9.59 Å². The Morgan fingerprint density at radius 1 is 1.04 bits per heavy atom. The van der Waals surface area contributed by atoms with Crippen molar-refractivity contribution in [1.29, 1.82) is 0 Å². The number of benzene rings is 1. The smallest absolute Gasteiger partial charge is 0.324 e. The van der Waals surface area contributed by atoms with Gasteiger partial charge in [-0.15, -0.1) is 0 Å². The maximum Gasteiger partial charge on any atom is 0.332 e. The number of hydrogen-bond donors (Lipinski definition) is 2. The fraction of sp³-hybridized carbons (Fsp3) is 0.350. The number of aromatic nitrogens is 4. The third kappa shape index (κ3) is 2.45. The molecule has 3 aromatic rings. The quantitative estimate of drug-likeness (QED) is 0.571. The Labute approximate surface area is 156 Å². The number of hydrogen-bond acceptors (Lipinski definition) is 4. The number of nitrogens with zero attached hydrogens (tertiary/aromatic N) is 3. The van der Waals surface area contributed by atoms with Crippen LogP contribution in [0, 0.1) is 6.92 Å². The number of nitrogens with one attached hydrogen (secondary N) is 2. The average molecular weight is 365 g/mol. The largest absolute Gasteiger partial charge is 0.332 e. The van der Waals surface area contributed by atoms with E-state index in [0.29, 0.717) is 23.1 Å². The Hall–Kier alpha value is -3.09. The molecule has 0 saturated heterocycles. The Bertz CT molecular complexity index is 1150. The average Bonchev–Trinajstić information content (AvgIpc) is 3.04. The SMILES string of the molecule is Cc1[nH]nc2c1[C@@H](c1ccc(C(C)C)cc1)c1c(n(C)c(=O)n(C)c1=O)N2. The van der Waals surface area contributed by atoms with E-state index in [-0.39, 0.29) is 17.2 Å². The standard InChI is InChI=1S/C20H23N5O2/c1-10(2)12-6-8-13(9-7-12)15-14-11(3)22-23-17(14)21-18-16(15)19(26)25(5)20(27)24(18)4/h6-10,15H,1-5H3,(H2,21,22,23)/t15-/m1/s1. The van der Waals surface area contributed by atoms with Gasteiger partial charge in [0.05, 0.1) is 5.56 Å². The lowest BCUT2D eigenvalue weighted by molar-refractivity contribution is 0.667. The molecule has 7 nitrogen and oxygen atoms in total. The minimum Gasteiger partial charge on any atom is -0.324 e. The topological polar surface area (TPSA) is 84.7 Å². The highest BCUT2D eigenvalue weighted by molar-refractivity contribution is 5.71. The summed E-state index contributed by atoms with van der Waals surface area (Å²) >= 11 is 0. The minimum absolute atomic E-state index is 0.287. The molecule has 0 bridgehead atoms. The fourth-order valence-electron chi connectivity index (χ4n) is 3.83. The van der Waals surface area contributed by atoms with Gasteiger partial charge in [0.15, 0.2) is 5.82 Å². The highest BCUT2D eigenvalue weighted by Crippen LogP contribution is 2.43. The van der Waals surface area contributed by atoms with Crippen molar-refractivity contribution >= 4 is 11.6 Å². The van der Waals surface area contributed by atoms with Crippen molar-refractivity contribution < 1.29 is 0 Å². The predicted molar refractivity (Wildman–Crippen MR) is 105 cm³/mol. The van der Waals surface area contributed by atoms with Crippen LogP contribution < -0.4 is 16.6 Å². The number of aromatic amines is 1. The lowest BCUT2D eigenvalue weighted by atomic mass is 9.82. The van der Waals surface area contributed by atoms with E-state index in [1.807, 2.05) is 6.92 Å². The number of H-pyrrole nitrogens is 1. The van der Waals surface area contributed by atoms with Crippen LogP contribution in [0.5, 0.6) is 0 Å². The van der Waals surface area contributed by atoms with Gasteiger partial charge < -0.3 is 5.32 Å². The van der Waals surface area contributed by atoms with Crippen molar-refractivity contribution in [2.24, 2.45) is 14.1 Å². The van der Waals surface area contributed by atoms with E-state index < -0.39 is 0 Å². The first-order valence-corrected chi connectivity index (χ1v) is 9.03. The van der Waals surface area contributed by atoms with Crippen molar-refractivity contribution in [2.45, 2.75) is 32.6 Å². The second-order valence-corrected chi connectivity index (χ2v) is 7.46. The van der Waals surface area contributed by atoms with Gasteiger partial charge in [-0.3, -0.25) is 19.0 Å². The summed E-state index contributed by atoms with van der Waals surface area (Å²) in [5.74, 6) is 1.29. The molecule has 4 rings (SSSR count). The lowest BCUT2D eigenvalue weighted by Gasteiger charge is -2.28. The molecule has 7 heteroatoms. The fourth-order valence-corrected chi connectivity index (χ4v) is 3.83. The molecule has 27 heavy (non-hydrogen) atoms. The van der Waals surface area contributed by atoms with Gasteiger partial charge in [0.25, 0.3) is 5.56 Å². The van der Waals surface area contributed by atoms with E-state index in [1.165, 1.54) is 17.2 Å². The molecule has 0 aliphatic carbocycles. The summed E-state index contributed by atoms with van der Waals surface area (Å²) in [6.07, 6.45) is 0. The third-order valence-electron chi connectivity index (χ3n) is 5.44. The van der Waals surface area contributed by atoms with Crippen LogP contribution in [0.2, 0.25) is 0 Å². The van der Waals surface area contributed by atoms with E-state index >= 15 is 0 Å². The molecule has 1 atom stereocenters. The van der Waals surface area contributed by atoms with Crippen LogP contribution >= 0.6 is 0 Å². The molecule has 140 valence electrons. The van der Waals surface area contributed by atoms with Crippen LogP contribution in [-0.2, 0) is 14.1 Å². The van der Waals surface area contributed by atoms with Crippen molar-refractivity contribution in [3.05, 3.63) is 73.1 Å². The van der Waals surface area contributed by atoms with Gasteiger partial charge in [-0.05, 0) is 24.0 Å². The zero-order valence-corrected chi connectivity index (χ0v) is 16.1. The van der Waals surface area contributed by atoms with Crippen LogP contribution in [0.25, 0.3) is 0 Å². The Balaban J connectivity index is 2.03. The molecule has 3 heterocycles. The third-order valence-corrected chi connectivity index (χ3v) is 5.44. The van der Waals surface area contributed by atoms with Crippen LogP contribution in [-0.4, -0.2) is 19.3 Å². The van der Waals surface area contributed by atoms with Crippen LogP contribution in [0.15, 0.2) is 33.9 Å². The van der Waals surface area contributed by atoms with Crippen LogP contribution in [0.1, 0.15) is 53.6 Å². The summed E-state index contributed by atoms with van der Waals surface area (Å²) in [5.41, 5.74) is 4.00. The van der Waals surface area contributed by atoms with Gasteiger partial charge in [0.1, 0.15) is 5.82 Å². The molecule has 1 aliphatic rings. The van der Waals surface area contributed by atoms with Crippen molar-refractivity contribution in [1.82, 2.24) is 19.3 Å². The Morgan fingerprint density at radius 3 is 2.33 bits per heavy atom. The summed E-state index contributed by atoms with van der Waals surface area (Å²) in [7, 11) is 3.18. The highest BCUT2D eigenvalue weighted by atomic mass is 16.2. The normalized spacial score (nSPS) is 15.4. The van der Waals surface area contributed by atoms with E-state index in [4.69, 9.17) is 0 Å². The second-order valence-electron chi connectivity index (χ2n) is 7.46. The minimum atomic E-state index is -0.365. The van der Waals surface area contributed by atoms with E-state index in [0.717, 1.165) is 21.4 Å². The summed E-state index contributed by atoms with van der Waals surface area (Å²) in [5, 5.41) is 10.5. The Morgan fingerprint density at radius 2 is 1.70 bits per heavy atom. The maximum atomic E-state index is 13.1. The van der Waals surface area contributed by atoms with E-state index in [1.54, 1.807) is 7.05 Å². The van der Waals surface area contributed by atoms with Crippen molar-refractivity contribution in [3.8, 4) is 0 Å². The first kappa shape index (κ1) is 17.3. The van der Waals surface area contributed by atoms with Gasteiger partial charge in [0, 0.05) is 31.3 Å². The lowest BCUT2D eigenvalue weighted by Crippen LogP contribution is -2.42. The zero-order valence-electron chi connectivity index (χ0n) is 16.1. The first-order chi connectivity index (χ1) is 12.8. The summed E-state index contributed by atoms with van der Waals surface area (Å²) in [6.45, 7) is 6.25. The number of rotatable bonds is 2. The Kier molecular flexibility index (Phi) is 3.83. The van der Waals surface area contributed by atoms with E-state index in [2.05, 4.69) is 53.6 Å². The summed E-state index contributed by atoms with van der Waals surface area (Å²) in [6, 6.07) is 8.33. The molecular formula is C20H23N5O2. The van der Waals surface area contributed by atoms with Crippen molar-refractivity contribution in [2.75, 3.05) is 5.32 Å². The molecule has 0 fully saturated rings. The zero-order chi connectivity index (χ0) is 19.5. The molecule has 0 unspecified atom stereocenters. The highest BCUT2D eigenvalue weighted by Gasteiger charge is 2.35. The summed E-state index contributed by atoms with van der Waals surface area (Å²) in [4.78, 5) is 25.5. The predicted octanol–water partition coefficient (Wildman–Crippen LogP) is 2.48. The molecule has 2 aromatic heterocycles. The molecule has 0 saturated carbocycles. The summed E-state index contributed by atoms with van der Waals surface area (Å²) < 4.78 is 2.63. The molecule has 0 amide bonds. The van der Waals surface area contributed by atoms with Gasteiger partial charge in [0.2, 0.25) is 0 Å². The molecule has 1 aliphatic heterocycles. The van der Waals surface area contributed by atoms with Crippen molar-refractivity contribution in [3.63, 3.8) is 0 Å². The van der Waals surface area contributed by atoms with Gasteiger partial charge in [-0.2, -0.15) is 5.10 Å². The van der Waals surface area contributed by atoms with Crippen LogP contribution in [0.3, 0.4) is 0 Å². The molecule has 0 radical (unpaired) electrons. The first-order valence-electron chi connectivity index (χ1n) is 9.03. The monoisotopic (exact) mass is 365 g/mol. The second kappa shape index (κ2) is 5.97. The maximum absolute atomic E-state index is 13.1. The van der Waals surface area contributed by atoms with Gasteiger partial charge in [-0.25, -0.2) is 4.79 Å². The number of aryl methyl sites for hydroxylation is 1. The molecule has 1 aromatic carbocycles. The number of anilines is 2. The molecule has 0 spiro atoms.